The van der Waals surface area contributed by atoms with E-state index in [9.17, 15) is 0 Å². The number of ether oxygens (including phenoxy) is 1. The highest BCUT2D eigenvalue weighted by molar-refractivity contribution is 9.10. The summed E-state index contributed by atoms with van der Waals surface area (Å²) in [4.78, 5) is 1.22. The molecule has 1 aliphatic carbocycles. The molecular weight excluding hydrogens is 274 g/mol. The molecule has 2 unspecified atom stereocenters. The van der Waals surface area contributed by atoms with Gasteiger partial charge in [0.2, 0.25) is 0 Å². The van der Waals surface area contributed by atoms with E-state index >= 15 is 0 Å². The maximum absolute atomic E-state index is 5.95. The van der Waals surface area contributed by atoms with Gasteiger partial charge in [0, 0.05) is 20.8 Å². The first-order valence-corrected chi connectivity index (χ1v) is 6.95. The Morgan fingerprint density at radius 1 is 1.67 bits per heavy atom. The van der Waals surface area contributed by atoms with E-state index in [2.05, 4.69) is 27.4 Å². The molecule has 0 aliphatic heterocycles. The van der Waals surface area contributed by atoms with Crippen molar-refractivity contribution in [1.82, 2.24) is 0 Å². The average molecular weight is 290 g/mol. The van der Waals surface area contributed by atoms with E-state index in [1.165, 1.54) is 17.7 Å². The van der Waals surface area contributed by atoms with E-state index in [-0.39, 0.29) is 12.1 Å². The average Bonchev–Trinajstić information content (AvgIpc) is 2.89. The van der Waals surface area contributed by atoms with E-state index in [1.807, 2.05) is 6.92 Å². The predicted molar refractivity (Wildman–Crippen MR) is 67.1 cm³/mol. The second-order valence-electron chi connectivity index (χ2n) is 4.22. The molecule has 1 fully saturated rings. The third kappa shape index (κ3) is 3.28. The van der Waals surface area contributed by atoms with Crippen LogP contribution in [0, 0.1) is 5.92 Å². The van der Waals surface area contributed by atoms with Gasteiger partial charge in [0.1, 0.15) is 6.10 Å². The summed E-state index contributed by atoms with van der Waals surface area (Å²) >= 11 is 5.16. The lowest BCUT2D eigenvalue weighted by atomic mass is 10.1. The van der Waals surface area contributed by atoms with Crippen molar-refractivity contribution in [2.24, 2.45) is 11.7 Å². The molecule has 4 heteroatoms. The summed E-state index contributed by atoms with van der Waals surface area (Å²) in [5, 5.41) is 2.07. The molecule has 1 aromatic heterocycles. The van der Waals surface area contributed by atoms with Crippen LogP contribution in [0.4, 0.5) is 0 Å². The SMILES string of the molecule is CC(N)C(OCC1CC1)c1cc(Br)cs1. The van der Waals surface area contributed by atoms with Gasteiger partial charge in [0.15, 0.2) is 0 Å². The third-order valence-electron chi connectivity index (χ3n) is 2.55. The van der Waals surface area contributed by atoms with Gasteiger partial charge in [0.05, 0.1) is 6.61 Å². The molecule has 2 N–H and O–H groups in total. The molecular formula is C11H16BrNOS. The molecule has 1 heterocycles. The first-order chi connectivity index (χ1) is 7.16. The number of nitrogens with two attached hydrogens (primary N) is 1. The van der Waals surface area contributed by atoms with Crippen LogP contribution in [0.15, 0.2) is 15.9 Å². The summed E-state index contributed by atoms with van der Waals surface area (Å²) in [7, 11) is 0. The fourth-order valence-electron chi connectivity index (χ4n) is 1.49. The fourth-order valence-corrected chi connectivity index (χ4v) is 3.10. The van der Waals surface area contributed by atoms with Gasteiger partial charge < -0.3 is 10.5 Å². The second kappa shape index (κ2) is 4.95. The van der Waals surface area contributed by atoms with Gasteiger partial charge in [-0.15, -0.1) is 11.3 Å². The Morgan fingerprint density at radius 3 is 2.87 bits per heavy atom. The van der Waals surface area contributed by atoms with Crippen LogP contribution in [0.1, 0.15) is 30.7 Å². The molecule has 0 saturated heterocycles. The van der Waals surface area contributed by atoms with Gasteiger partial charge in [0.25, 0.3) is 0 Å². The molecule has 15 heavy (non-hydrogen) atoms. The first-order valence-electron chi connectivity index (χ1n) is 5.28. The van der Waals surface area contributed by atoms with Crippen LogP contribution in [0.2, 0.25) is 0 Å². The molecule has 0 amide bonds. The minimum absolute atomic E-state index is 0.0503. The zero-order valence-corrected chi connectivity index (χ0v) is 11.2. The summed E-state index contributed by atoms with van der Waals surface area (Å²) < 4.78 is 7.01. The van der Waals surface area contributed by atoms with Crippen LogP contribution < -0.4 is 5.73 Å². The summed E-state index contributed by atoms with van der Waals surface area (Å²) in [5.74, 6) is 0.787. The fraction of sp³-hybridized carbons (Fsp3) is 0.636. The highest BCUT2D eigenvalue weighted by atomic mass is 79.9. The van der Waals surface area contributed by atoms with Crippen molar-refractivity contribution in [3.05, 3.63) is 20.8 Å². The van der Waals surface area contributed by atoms with Gasteiger partial charge in [-0.3, -0.25) is 0 Å². The quantitative estimate of drug-likeness (QED) is 0.902. The topological polar surface area (TPSA) is 35.2 Å². The molecule has 0 bridgehead atoms. The highest BCUT2D eigenvalue weighted by Gasteiger charge is 2.25. The van der Waals surface area contributed by atoms with Crippen LogP contribution in [-0.2, 0) is 4.74 Å². The zero-order chi connectivity index (χ0) is 10.8. The Kier molecular flexibility index (Phi) is 3.83. The minimum atomic E-state index is 0.0503. The maximum Gasteiger partial charge on any atom is 0.106 e. The lowest BCUT2D eigenvalue weighted by Gasteiger charge is -2.20. The van der Waals surface area contributed by atoms with E-state index in [0.717, 1.165) is 17.0 Å². The Balaban J connectivity index is 1.97. The molecule has 1 aromatic rings. The van der Waals surface area contributed by atoms with E-state index in [0.29, 0.717) is 0 Å². The van der Waals surface area contributed by atoms with Gasteiger partial charge >= 0.3 is 0 Å². The molecule has 84 valence electrons. The number of halogens is 1. The van der Waals surface area contributed by atoms with Crippen molar-refractivity contribution in [3.63, 3.8) is 0 Å². The highest BCUT2D eigenvalue weighted by Crippen LogP contribution is 2.34. The van der Waals surface area contributed by atoms with E-state index in [1.54, 1.807) is 11.3 Å². The normalized spacial score (nSPS) is 20.2. The van der Waals surface area contributed by atoms with Crippen LogP contribution in [-0.4, -0.2) is 12.6 Å². The summed E-state index contributed by atoms with van der Waals surface area (Å²) in [6, 6.07) is 2.15. The minimum Gasteiger partial charge on any atom is -0.371 e. The van der Waals surface area contributed by atoms with Crippen molar-refractivity contribution >= 4 is 27.3 Å². The molecule has 2 atom stereocenters. The summed E-state index contributed by atoms with van der Waals surface area (Å²) in [6.45, 7) is 2.87. The van der Waals surface area contributed by atoms with Crippen LogP contribution in [0.3, 0.4) is 0 Å². The second-order valence-corrected chi connectivity index (χ2v) is 6.08. The maximum atomic E-state index is 5.95. The predicted octanol–water partition coefficient (Wildman–Crippen LogP) is 3.33. The molecule has 1 saturated carbocycles. The number of thiophene rings is 1. The molecule has 1 aliphatic rings. The lowest BCUT2D eigenvalue weighted by molar-refractivity contribution is 0.0338. The van der Waals surface area contributed by atoms with Crippen LogP contribution in [0.5, 0.6) is 0 Å². The summed E-state index contributed by atoms with van der Waals surface area (Å²) in [5.41, 5.74) is 5.95. The van der Waals surface area contributed by atoms with Crippen molar-refractivity contribution < 1.29 is 4.74 Å². The standard InChI is InChI=1S/C11H16BrNOS/c1-7(13)11(14-5-8-2-3-8)10-4-9(12)6-15-10/h4,6-8,11H,2-3,5,13H2,1H3. The largest absolute Gasteiger partial charge is 0.371 e. The van der Waals surface area contributed by atoms with Crippen molar-refractivity contribution in [1.29, 1.82) is 0 Å². The molecule has 2 rings (SSSR count). The van der Waals surface area contributed by atoms with E-state index < -0.39 is 0 Å². The molecule has 0 spiro atoms. The Labute approximate surface area is 103 Å². The lowest BCUT2D eigenvalue weighted by Crippen LogP contribution is -2.26. The molecule has 2 nitrogen and oxygen atoms in total. The van der Waals surface area contributed by atoms with Gasteiger partial charge in [-0.1, -0.05) is 0 Å². The van der Waals surface area contributed by atoms with E-state index in [4.69, 9.17) is 10.5 Å². The third-order valence-corrected chi connectivity index (χ3v) is 4.31. The Morgan fingerprint density at radius 2 is 2.40 bits per heavy atom. The van der Waals surface area contributed by atoms with Crippen LogP contribution >= 0.6 is 27.3 Å². The van der Waals surface area contributed by atoms with Crippen LogP contribution in [0.25, 0.3) is 0 Å². The van der Waals surface area contributed by atoms with Crippen molar-refractivity contribution in [2.45, 2.75) is 31.9 Å². The monoisotopic (exact) mass is 289 g/mol. The molecule has 0 aromatic carbocycles. The number of hydrogen-bond donors (Lipinski definition) is 1. The summed E-state index contributed by atoms with van der Waals surface area (Å²) in [6.07, 6.45) is 2.70. The van der Waals surface area contributed by atoms with Gasteiger partial charge in [-0.25, -0.2) is 0 Å². The number of hydrogen-bond acceptors (Lipinski definition) is 3. The Hall–Kier alpha value is 0.1000. The van der Waals surface area contributed by atoms with Crippen molar-refractivity contribution in [2.75, 3.05) is 6.61 Å². The first kappa shape index (κ1) is 11.6. The van der Waals surface area contributed by atoms with Crippen molar-refractivity contribution in [3.8, 4) is 0 Å². The number of rotatable bonds is 5. The smallest absolute Gasteiger partial charge is 0.106 e. The Bertz CT molecular complexity index is 322. The molecule has 0 radical (unpaired) electrons. The van der Waals surface area contributed by atoms with Gasteiger partial charge in [-0.05, 0) is 47.7 Å². The zero-order valence-electron chi connectivity index (χ0n) is 8.78. The van der Waals surface area contributed by atoms with Gasteiger partial charge in [-0.2, -0.15) is 0 Å².